The second-order valence-corrected chi connectivity index (χ2v) is 7.29. The van der Waals surface area contributed by atoms with E-state index >= 15 is 0 Å². The number of hydrogen-bond donors (Lipinski definition) is 1. The molecule has 3 aromatic carbocycles. The summed E-state index contributed by atoms with van der Waals surface area (Å²) >= 11 is 12.0. The first kappa shape index (κ1) is 22.2. The third kappa shape index (κ3) is 6.26. The lowest BCUT2D eigenvalue weighted by Crippen LogP contribution is -2.13. The number of nitriles is 1. The molecule has 0 saturated heterocycles. The minimum Gasteiger partial charge on any atom is -0.497 e. The van der Waals surface area contributed by atoms with E-state index in [4.69, 9.17) is 32.7 Å². The van der Waals surface area contributed by atoms with Gasteiger partial charge in [-0.05, 0) is 60.2 Å². The zero-order valence-electron chi connectivity index (χ0n) is 16.6. The Morgan fingerprint density at radius 2 is 1.71 bits per heavy atom. The monoisotopic (exact) mass is 452 g/mol. The first-order chi connectivity index (χ1) is 15.0. The van der Waals surface area contributed by atoms with Crippen molar-refractivity contribution in [1.29, 1.82) is 5.26 Å². The van der Waals surface area contributed by atoms with Crippen LogP contribution < -0.4 is 14.8 Å². The minimum absolute atomic E-state index is 0.0112. The molecule has 3 aromatic rings. The molecule has 7 heteroatoms. The largest absolute Gasteiger partial charge is 0.497 e. The molecule has 0 saturated carbocycles. The van der Waals surface area contributed by atoms with Crippen LogP contribution >= 0.6 is 23.2 Å². The van der Waals surface area contributed by atoms with Crippen molar-refractivity contribution in [3.63, 3.8) is 0 Å². The van der Waals surface area contributed by atoms with Crippen LogP contribution in [0.25, 0.3) is 6.08 Å². The van der Waals surface area contributed by atoms with E-state index in [0.29, 0.717) is 27.2 Å². The molecule has 1 amide bonds. The Kier molecular flexibility index (Phi) is 7.55. The maximum Gasteiger partial charge on any atom is 0.266 e. The van der Waals surface area contributed by atoms with Crippen LogP contribution in [0.3, 0.4) is 0 Å². The molecule has 0 radical (unpaired) electrons. The maximum atomic E-state index is 12.4. The van der Waals surface area contributed by atoms with E-state index in [9.17, 15) is 10.1 Å². The zero-order chi connectivity index (χ0) is 22.2. The Balaban J connectivity index is 1.61. The van der Waals surface area contributed by atoms with E-state index in [2.05, 4.69) is 5.32 Å². The summed E-state index contributed by atoms with van der Waals surface area (Å²) in [6, 6.07) is 21.0. The lowest BCUT2D eigenvalue weighted by molar-refractivity contribution is -0.112. The number of methoxy groups -OCH3 is 1. The number of ether oxygens (including phenoxy) is 2. The van der Waals surface area contributed by atoms with E-state index in [0.717, 1.165) is 11.1 Å². The van der Waals surface area contributed by atoms with Crippen molar-refractivity contribution in [1.82, 2.24) is 0 Å². The van der Waals surface area contributed by atoms with Gasteiger partial charge in [-0.1, -0.05) is 41.4 Å². The van der Waals surface area contributed by atoms with Gasteiger partial charge in [0.1, 0.15) is 29.7 Å². The Morgan fingerprint density at radius 3 is 2.32 bits per heavy atom. The molecule has 0 aliphatic rings. The molecule has 1 N–H and O–H groups in total. The maximum absolute atomic E-state index is 12.4. The molecule has 31 heavy (non-hydrogen) atoms. The highest BCUT2D eigenvalue weighted by Crippen LogP contribution is 2.23. The molecule has 0 bridgehead atoms. The predicted molar refractivity (Wildman–Crippen MR) is 122 cm³/mol. The molecular weight excluding hydrogens is 435 g/mol. The van der Waals surface area contributed by atoms with Gasteiger partial charge in [-0.3, -0.25) is 4.79 Å². The molecule has 0 aliphatic carbocycles. The second-order valence-electron chi connectivity index (χ2n) is 6.45. The van der Waals surface area contributed by atoms with Crippen molar-refractivity contribution in [2.24, 2.45) is 0 Å². The molecule has 0 atom stereocenters. The molecule has 0 heterocycles. The van der Waals surface area contributed by atoms with Gasteiger partial charge >= 0.3 is 0 Å². The van der Waals surface area contributed by atoms with Gasteiger partial charge in [0, 0.05) is 21.3 Å². The van der Waals surface area contributed by atoms with Gasteiger partial charge in [-0.25, -0.2) is 0 Å². The number of nitrogens with zero attached hydrogens (tertiary/aromatic N) is 1. The lowest BCUT2D eigenvalue weighted by Gasteiger charge is -2.09. The second kappa shape index (κ2) is 10.5. The molecule has 0 fully saturated rings. The van der Waals surface area contributed by atoms with Gasteiger partial charge < -0.3 is 14.8 Å². The zero-order valence-corrected chi connectivity index (χ0v) is 18.1. The average Bonchev–Trinajstić information content (AvgIpc) is 2.78. The van der Waals surface area contributed by atoms with Gasteiger partial charge in [0.25, 0.3) is 5.91 Å². The van der Waals surface area contributed by atoms with Crippen LogP contribution in [0.2, 0.25) is 10.0 Å². The lowest BCUT2D eigenvalue weighted by atomic mass is 10.1. The van der Waals surface area contributed by atoms with E-state index < -0.39 is 5.91 Å². The Morgan fingerprint density at radius 1 is 1.03 bits per heavy atom. The first-order valence-corrected chi connectivity index (χ1v) is 9.98. The topological polar surface area (TPSA) is 71.3 Å². The summed E-state index contributed by atoms with van der Waals surface area (Å²) in [5.74, 6) is 0.805. The van der Waals surface area contributed by atoms with Gasteiger partial charge in [0.2, 0.25) is 0 Å². The van der Waals surface area contributed by atoms with Crippen LogP contribution in [0.1, 0.15) is 11.1 Å². The van der Waals surface area contributed by atoms with Crippen LogP contribution in [-0.4, -0.2) is 13.0 Å². The summed E-state index contributed by atoms with van der Waals surface area (Å²) in [4.78, 5) is 12.4. The normalized spacial score (nSPS) is 10.8. The van der Waals surface area contributed by atoms with Crippen molar-refractivity contribution in [3.8, 4) is 17.6 Å². The summed E-state index contributed by atoms with van der Waals surface area (Å²) in [6.45, 7) is 0.283. The molecule has 5 nitrogen and oxygen atoms in total. The fourth-order valence-corrected chi connectivity index (χ4v) is 3.11. The van der Waals surface area contributed by atoms with Crippen molar-refractivity contribution in [2.75, 3.05) is 12.4 Å². The smallest absolute Gasteiger partial charge is 0.266 e. The third-order valence-corrected chi connectivity index (χ3v) is 4.90. The van der Waals surface area contributed by atoms with Crippen LogP contribution in [0.15, 0.2) is 72.3 Å². The van der Waals surface area contributed by atoms with Gasteiger partial charge in [0.15, 0.2) is 0 Å². The number of nitrogens with one attached hydrogen (secondary N) is 1. The average molecular weight is 453 g/mol. The molecule has 3 rings (SSSR count). The van der Waals surface area contributed by atoms with Crippen LogP contribution in [0.4, 0.5) is 5.69 Å². The number of hydrogen-bond acceptors (Lipinski definition) is 4. The number of benzene rings is 3. The van der Waals surface area contributed by atoms with E-state index in [1.165, 1.54) is 6.08 Å². The number of anilines is 1. The number of halogens is 2. The number of amides is 1. The fraction of sp³-hybridized carbons (Fsp3) is 0.0833. The van der Waals surface area contributed by atoms with Gasteiger partial charge in [-0.2, -0.15) is 5.26 Å². The SMILES string of the molecule is COc1ccc(/C=C(\C#N)C(=O)Nc2ccc(OCc3ccc(Cl)cc3Cl)cc2)cc1. The predicted octanol–water partition coefficient (Wildman–Crippen LogP) is 6.13. The highest BCUT2D eigenvalue weighted by Gasteiger charge is 2.10. The minimum atomic E-state index is -0.500. The van der Waals surface area contributed by atoms with Crippen LogP contribution in [0.5, 0.6) is 11.5 Å². The molecule has 0 aliphatic heterocycles. The summed E-state index contributed by atoms with van der Waals surface area (Å²) in [5, 5.41) is 13.2. The van der Waals surface area contributed by atoms with Crippen molar-refractivity contribution < 1.29 is 14.3 Å². The summed E-state index contributed by atoms with van der Waals surface area (Å²) in [5.41, 5.74) is 2.06. The fourth-order valence-electron chi connectivity index (χ4n) is 2.65. The van der Waals surface area contributed by atoms with Crippen LogP contribution in [0, 0.1) is 11.3 Å². The molecule has 0 aromatic heterocycles. The highest BCUT2D eigenvalue weighted by molar-refractivity contribution is 6.35. The van der Waals surface area contributed by atoms with Crippen molar-refractivity contribution in [2.45, 2.75) is 6.61 Å². The summed E-state index contributed by atoms with van der Waals surface area (Å²) < 4.78 is 10.8. The van der Waals surface area contributed by atoms with Crippen molar-refractivity contribution >= 4 is 40.9 Å². The standard InChI is InChI=1S/C24H18Cl2N2O3/c1-30-21-8-2-16(3-9-21)12-18(14-27)24(29)28-20-6-10-22(11-7-20)31-15-17-4-5-19(25)13-23(17)26/h2-13H,15H2,1H3,(H,28,29)/b18-12+. The number of rotatable bonds is 7. The Bertz CT molecular complexity index is 1130. The Labute approximate surface area is 190 Å². The number of carbonyl (C=O) groups excluding carboxylic acids is 1. The van der Waals surface area contributed by atoms with Crippen LogP contribution in [-0.2, 0) is 11.4 Å². The summed E-state index contributed by atoms with van der Waals surface area (Å²) in [7, 11) is 1.57. The van der Waals surface area contributed by atoms with E-state index in [1.807, 2.05) is 6.07 Å². The van der Waals surface area contributed by atoms with Crippen molar-refractivity contribution in [3.05, 3.63) is 93.5 Å². The Hall–Kier alpha value is -3.46. The highest BCUT2D eigenvalue weighted by atomic mass is 35.5. The summed E-state index contributed by atoms with van der Waals surface area (Å²) in [6.07, 6.45) is 1.52. The van der Waals surface area contributed by atoms with E-state index in [1.54, 1.807) is 73.8 Å². The van der Waals surface area contributed by atoms with E-state index in [-0.39, 0.29) is 12.2 Å². The molecular formula is C24H18Cl2N2O3. The molecule has 0 spiro atoms. The first-order valence-electron chi connectivity index (χ1n) is 9.22. The van der Waals surface area contributed by atoms with Gasteiger partial charge in [0.05, 0.1) is 7.11 Å². The quantitative estimate of drug-likeness (QED) is 0.345. The third-order valence-electron chi connectivity index (χ3n) is 4.31. The molecule has 0 unspecified atom stereocenters. The number of carbonyl (C=O) groups is 1. The molecule has 156 valence electrons. The van der Waals surface area contributed by atoms with Gasteiger partial charge in [-0.15, -0.1) is 0 Å².